The third-order valence-corrected chi connectivity index (χ3v) is 3.77. The Morgan fingerprint density at radius 1 is 1.56 bits per heavy atom. The van der Waals surface area contributed by atoms with Gasteiger partial charge in [-0.05, 0) is 18.3 Å². The molecule has 1 unspecified atom stereocenters. The molecule has 1 heterocycles. The monoisotopic (exact) mass is 218 g/mol. The second-order valence-corrected chi connectivity index (χ2v) is 5.05. The van der Waals surface area contributed by atoms with Crippen molar-refractivity contribution in [3.05, 3.63) is 17.5 Å². The first-order chi connectivity index (χ1) is 7.57. The molecule has 0 aliphatic heterocycles. The highest BCUT2D eigenvalue weighted by Crippen LogP contribution is 2.46. The number of hydrogen-bond donors (Lipinski definition) is 1. The minimum absolute atomic E-state index is 0.111. The van der Waals surface area contributed by atoms with Crippen LogP contribution in [-0.4, -0.2) is 9.78 Å². The van der Waals surface area contributed by atoms with E-state index < -0.39 is 0 Å². The van der Waals surface area contributed by atoms with Gasteiger partial charge in [0.15, 0.2) is 0 Å². The molecule has 2 rings (SSSR count). The average Bonchev–Trinajstić information content (AvgIpc) is 2.84. The Kier molecular flexibility index (Phi) is 2.73. The van der Waals surface area contributed by atoms with Gasteiger partial charge in [0.2, 0.25) is 0 Å². The van der Waals surface area contributed by atoms with E-state index in [1.165, 1.54) is 12.8 Å². The maximum atomic E-state index is 9.05. The van der Waals surface area contributed by atoms with Gasteiger partial charge in [0.05, 0.1) is 17.3 Å². The molecule has 86 valence electrons. The number of rotatable bonds is 2. The fraction of sp³-hybridized carbons (Fsp3) is 0.667. The van der Waals surface area contributed by atoms with Crippen LogP contribution in [0, 0.1) is 16.7 Å². The zero-order valence-corrected chi connectivity index (χ0v) is 9.90. The molecule has 4 nitrogen and oxygen atoms in total. The van der Waals surface area contributed by atoms with Crippen LogP contribution < -0.4 is 5.73 Å². The minimum Gasteiger partial charge on any atom is -0.322 e. The summed E-state index contributed by atoms with van der Waals surface area (Å²) in [6, 6.07) is 2.06. The van der Waals surface area contributed by atoms with Crippen LogP contribution in [0.25, 0.3) is 0 Å². The molecule has 1 fully saturated rings. The standard InChI is InChI=1S/C12H18N4/c1-12(5-3-4-6-12)11(14)10-9(7-13)8-16(2)15-10/h8,11H,3-6,14H2,1-2H3. The van der Waals surface area contributed by atoms with Gasteiger partial charge in [-0.1, -0.05) is 19.8 Å². The third-order valence-electron chi connectivity index (χ3n) is 3.77. The number of hydrogen-bond acceptors (Lipinski definition) is 3. The largest absolute Gasteiger partial charge is 0.322 e. The number of aromatic nitrogens is 2. The summed E-state index contributed by atoms with van der Waals surface area (Å²) >= 11 is 0. The van der Waals surface area contributed by atoms with Crippen LogP contribution in [0.4, 0.5) is 0 Å². The topological polar surface area (TPSA) is 67.6 Å². The van der Waals surface area contributed by atoms with Crippen molar-refractivity contribution < 1.29 is 0 Å². The Balaban J connectivity index is 2.33. The second kappa shape index (κ2) is 3.91. The van der Waals surface area contributed by atoms with Crippen molar-refractivity contribution in [2.75, 3.05) is 0 Å². The molecule has 1 saturated carbocycles. The van der Waals surface area contributed by atoms with E-state index in [1.54, 1.807) is 10.9 Å². The highest BCUT2D eigenvalue weighted by Gasteiger charge is 2.38. The van der Waals surface area contributed by atoms with Crippen molar-refractivity contribution in [2.45, 2.75) is 38.6 Å². The van der Waals surface area contributed by atoms with Crippen LogP contribution in [-0.2, 0) is 7.05 Å². The lowest BCUT2D eigenvalue weighted by Gasteiger charge is -2.29. The highest BCUT2D eigenvalue weighted by atomic mass is 15.3. The van der Waals surface area contributed by atoms with Gasteiger partial charge >= 0.3 is 0 Å². The summed E-state index contributed by atoms with van der Waals surface area (Å²) in [4.78, 5) is 0. The summed E-state index contributed by atoms with van der Waals surface area (Å²) in [5, 5.41) is 13.4. The molecule has 16 heavy (non-hydrogen) atoms. The summed E-state index contributed by atoms with van der Waals surface area (Å²) < 4.78 is 1.67. The molecule has 0 amide bonds. The van der Waals surface area contributed by atoms with Gasteiger partial charge in [0.1, 0.15) is 6.07 Å². The molecule has 1 atom stereocenters. The molecule has 4 heteroatoms. The van der Waals surface area contributed by atoms with Gasteiger partial charge in [-0.15, -0.1) is 0 Å². The van der Waals surface area contributed by atoms with E-state index in [4.69, 9.17) is 11.0 Å². The van der Waals surface area contributed by atoms with Crippen LogP contribution in [0.15, 0.2) is 6.20 Å². The highest BCUT2D eigenvalue weighted by molar-refractivity contribution is 5.34. The quantitative estimate of drug-likeness (QED) is 0.824. The summed E-state index contributed by atoms with van der Waals surface area (Å²) in [6.07, 6.45) is 6.48. The van der Waals surface area contributed by atoms with Gasteiger partial charge in [-0.3, -0.25) is 4.68 Å². The molecule has 1 aromatic heterocycles. The smallest absolute Gasteiger partial charge is 0.103 e. The Morgan fingerprint density at radius 3 is 2.75 bits per heavy atom. The van der Waals surface area contributed by atoms with Crippen molar-refractivity contribution >= 4 is 0 Å². The predicted octanol–water partition coefficient (Wildman–Crippen LogP) is 1.87. The van der Waals surface area contributed by atoms with E-state index in [1.807, 2.05) is 7.05 Å². The minimum atomic E-state index is -0.120. The van der Waals surface area contributed by atoms with E-state index in [0.717, 1.165) is 18.5 Å². The molecule has 0 aromatic carbocycles. The lowest BCUT2D eigenvalue weighted by atomic mass is 9.79. The van der Waals surface area contributed by atoms with E-state index in [0.29, 0.717) is 5.56 Å². The first kappa shape index (κ1) is 11.2. The molecule has 0 radical (unpaired) electrons. The van der Waals surface area contributed by atoms with Gasteiger partial charge in [0.25, 0.3) is 0 Å². The van der Waals surface area contributed by atoms with Crippen LogP contribution >= 0.6 is 0 Å². The van der Waals surface area contributed by atoms with Crippen molar-refractivity contribution in [2.24, 2.45) is 18.2 Å². The number of nitrogens with zero attached hydrogens (tertiary/aromatic N) is 3. The summed E-state index contributed by atoms with van der Waals surface area (Å²) in [5.41, 5.74) is 7.78. The van der Waals surface area contributed by atoms with Crippen molar-refractivity contribution in [1.29, 1.82) is 5.26 Å². The third kappa shape index (κ3) is 1.72. The molecule has 2 N–H and O–H groups in total. The molecular formula is C12H18N4. The van der Waals surface area contributed by atoms with E-state index in [9.17, 15) is 0 Å². The van der Waals surface area contributed by atoms with Crippen molar-refractivity contribution in [1.82, 2.24) is 9.78 Å². The van der Waals surface area contributed by atoms with Gasteiger partial charge in [-0.2, -0.15) is 10.4 Å². The zero-order valence-electron chi connectivity index (χ0n) is 9.90. The Hall–Kier alpha value is -1.34. The maximum absolute atomic E-state index is 9.05. The number of nitriles is 1. The first-order valence-corrected chi connectivity index (χ1v) is 5.76. The second-order valence-electron chi connectivity index (χ2n) is 5.05. The molecule has 1 aliphatic rings. The van der Waals surface area contributed by atoms with Crippen LogP contribution in [0.1, 0.15) is 49.9 Å². The predicted molar refractivity (Wildman–Crippen MR) is 61.4 cm³/mol. The summed E-state index contributed by atoms with van der Waals surface area (Å²) in [5.74, 6) is 0. The Morgan fingerprint density at radius 2 is 2.19 bits per heavy atom. The normalized spacial score (nSPS) is 20.6. The molecule has 1 aliphatic carbocycles. The fourth-order valence-corrected chi connectivity index (χ4v) is 2.65. The molecular weight excluding hydrogens is 200 g/mol. The van der Waals surface area contributed by atoms with Crippen LogP contribution in [0.2, 0.25) is 0 Å². The Labute approximate surface area is 96.0 Å². The average molecular weight is 218 g/mol. The molecule has 0 spiro atoms. The molecule has 0 bridgehead atoms. The first-order valence-electron chi connectivity index (χ1n) is 5.76. The van der Waals surface area contributed by atoms with Crippen molar-refractivity contribution in [3.63, 3.8) is 0 Å². The lowest BCUT2D eigenvalue weighted by Crippen LogP contribution is -2.30. The van der Waals surface area contributed by atoms with Gasteiger partial charge < -0.3 is 5.73 Å². The zero-order chi connectivity index (χ0) is 11.8. The SMILES string of the molecule is Cn1cc(C#N)c(C(N)C2(C)CCCC2)n1. The molecule has 0 saturated heterocycles. The fourth-order valence-electron chi connectivity index (χ4n) is 2.65. The van der Waals surface area contributed by atoms with E-state index >= 15 is 0 Å². The summed E-state index contributed by atoms with van der Waals surface area (Å²) in [6.45, 7) is 2.21. The van der Waals surface area contributed by atoms with E-state index in [-0.39, 0.29) is 11.5 Å². The number of nitrogens with two attached hydrogens (primary N) is 1. The molecule has 1 aromatic rings. The number of aryl methyl sites for hydroxylation is 1. The van der Waals surface area contributed by atoms with Gasteiger partial charge in [0, 0.05) is 13.2 Å². The van der Waals surface area contributed by atoms with Crippen LogP contribution in [0.5, 0.6) is 0 Å². The maximum Gasteiger partial charge on any atom is 0.103 e. The van der Waals surface area contributed by atoms with Crippen molar-refractivity contribution in [3.8, 4) is 6.07 Å². The van der Waals surface area contributed by atoms with E-state index in [2.05, 4.69) is 18.1 Å². The van der Waals surface area contributed by atoms with Crippen LogP contribution in [0.3, 0.4) is 0 Å². The lowest BCUT2D eigenvalue weighted by molar-refractivity contribution is 0.260. The van der Waals surface area contributed by atoms with Gasteiger partial charge in [-0.25, -0.2) is 0 Å². The Bertz CT molecular complexity index is 421. The summed E-state index contributed by atoms with van der Waals surface area (Å²) in [7, 11) is 1.83.